The third-order valence-electron chi connectivity index (χ3n) is 7.00. The fourth-order valence-electron chi connectivity index (χ4n) is 4.77. The van der Waals surface area contributed by atoms with Crippen LogP contribution < -0.4 is 4.74 Å². The molecular weight excluding hydrogens is 596 g/mol. The molecular formula is C33H36N4O7S. The number of amidine groups is 1. The number of esters is 1. The summed E-state index contributed by atoms with van der Waals surface area (Å²) in [5.74, 6) is 0.482. The Morgan fingerprint density at radius 2 is 1.76 bits per heavy atom. The standard InChI is InChI=1S/C33H36N4O7S/c1-5-43-31(38)29-23(2)34-32(45-22-25-14-16-28(42-4)17-15-25)36(30(29)26-12-9-13-27(20-26)37(40)41)33(39)44-19-18-35(3)21-24-10-7-6-8-11-24/h6-17,20,30H,5,18-19,21-22H2,1-4H3. The van der Waals surface area contributed by atoms with Crippen LogP contribution in [-0.4, -0.2) is 65.9 Å². The number of thioether (sulfide) groups is 1. The number of carbonyl (C=O) groups excluding carboxylic acids is 2. The minimum Gasteiger partial charge on any atom is -0.497 e. The smallest absolute Gasteiger partial charge is 0.416 e. The minimum absolute atomic E-state index is 0.0637. The van der Waals surface area contributed by atoms with Crippen molar-refractivity contribution in [1.29, 1.82) is 0 Å². The highest BCUT2D eigenvalue weighted by Gasteiger charge is 2.41. The number of rotatable bonds is 12. The first-order valence-electron chi connectivity index (χ1n) is 14.4. The van der Waals surface area contributed by atoms with Gasteiger partial charge in [-0.2, -0.15) is 0 Å². The second kappa shape index (κ2) is 15.9. The average molecular weight is 633 g/mol. The molecule has 1 unspecified atom stereocenters. The molecule has 3 aromatic carbocycles. The lowest BCUT2D eigenvalue weighted by Crippen LogP contribution is -2.44. The van der Waals surface area contributed by atoms with Crippen molar-refractivity contribution in [2.45, 2.75) is 32.2 Å². The van der Waals surface area contributed by atoms with Crippen LogP contribution in [0.1, 0.15) is 36.6 Å². The van der Waals surface area contributed by atoms with Gasteiger partial charge in [-0.3, -0.25) is 15.0 Å². The molecule has 236 valence electrons. The molecule has 0 saturated carbocycles. The van der Waals surface area contributed by atoms with Crippen molar-refractivity contribution in [3.63, 3.8) is 0 Å². The molecule has 0 aromatic heterocycles. The van der Waals surface area contributed by atoms with Crippen molar-refractivity contribution in [2.75, 3.05) is 33.9 Å². The number of nitrogens with zero attached hydrogens (tertiary/aromatic N) is 4. The van der Waals surface area contributed by atoms with Crippen LogP contribution in [0.4, 0.5) is 10.5 Å². The summed E-state index contributed by atoms with van der Waals surface area (Å²) in [6.45, 7) is 4.60. The third-order valence-corrected chi connectivity index (χ3v) is 8.02. The van der Waals surface area contributed by atoms with Gasteiger partial charge in [-0.05, 0) is 49.7 Å². The molecule has 1 aliphatic heterocycles. The van der Waals surface area contributed by atoms with Crippen LogP contribution in [0.25, 0.3) is 0 Å². The number of likely N-dealkylation sites (N-methyl/N-ethyl adjacent to an activating group) is 1. The molecule has 3 aromatic rings. The van der Waals surface area contributed by atoms with Gasteiger partial charge in [0.05, 0.1) is 29.9 Å². The summed E-state index contributed by atoms with van der Waals surface area (Å²) in [5, 5.41) is 12.0. The zero-order chi connectivity index (χ0) is 32.3. The van der Waals surface area contributed by atoms with Crippen molar-refractivity contribution < 1.29 is 28.7 Å². The molecule has 1 aliphatic rings. The largest absolute Gasteiger partial charge is 0.497 e. The second-order valence-electron chi connectivity index (χ2n) is 10.2. The van der Waals surface area contributed by atoms with Crippen molar-refractivity contribution in [3.05, 3.63) is 117 Å². The number of nitro groups is 1. The summed E-state index contributed by atoms with van der Waals surface area (Å²) >= 11 is 1.29. The highest BCUT2D eigenvalue weighted by atomic mass is 32.2. The number of benzene rings is 3. The van der Waals surface area contributed by atoms with Gasteiger partial charge < -0.3 is 14.2 Å². The fourth-order valence-corrected chi connectivity index (χ4v) is 5.78. The average Bonchev–Trinajstić information content (AvgIpc) is 3.04. The van der Waals surface area contributed by atoms with Crippen molar-refractivity contribution in [3.8, 4) is 5.75 Å². The summed E-state index contributed by atoms with van der Waals surface area (Å²) in [5.41, 5.74) is 2.68. The van der Waals surface area contributed by atoms with E-state index in [2.05, 4.69) is 4.99 Å². The Morgan fingerprint density at radius 1 is 1.02 bits per heavy atom. The topological polar surface area (TPSA) is 124 Å². The summed E-state index contributed by atoms with van der Waals surface area (Å²) < 4.78 is 16.4. The Morgan fingerprint density at radius 3 is 2.42 bits per heavy atom. The molecule has 11 nitrogen and oxygen atoms in total. The monoisotopic (exact) mass is 632 g/mol. The van der Waals surface area contributed by atoms with Gasteiger partial charge in [0.15, 0.2) is 5.17 Å². The van der Waals surface area contributed by atoms with E-state index in [1.807, 2.05) is 66.5 Å². The van der Waals surface area contributed by atoms with E-state index in [-0.39, 0.29) is 29.6 Å². The molecule has 4 rings (SSSR count). The van der Waals surface area contributed by atoms with Gasteiger partial charge in [0.2, 0.25) is 0 Å². The van der Waals surface area contributed by atoms with Crippen LogP contribution in [0.2, 0.25) is 0 Å². The zero-order valence-electron chi connectivity index (χ0n) is 25.7. The quantitative estimate of drug-likeness (QED) is 0.128. The molecule has 0 bridgehead atoms. The molecule has 1 amide bonds. The molecule has 0 fully saturated rings. The van der Waals surface area contributed by atoms with Crippen molar-refractivity contribution >= 4 is 34.7 Å². The number of carbonyl (C=O) groups is 2. The SMILES string of the molecule is CCOC(=O)C1=C(C)N=C(SCc2ccc(OC)cc2)N(C(=O)OCCN(C)Cc2ccccc2)C1c1cccc([N+](=O)[O-])c1. The lowest BCUT2D eigenvalue weighted by Gasteiger charge is -2.36. The number of ether oxygens (including phenoxy) is 3. The van der Waals surface area contributed by atoms with Crippen LogP contribution in [0.5, 0.6) is 5.75 Å². The molecule has 12 heteroatoms. The van der Waals surface area contributed by atoms with Gasteiger partial charge in [-0.1, -0.05) is 66.4 Å². The maximum atomic E-state index is 13.9. The number of allylic oxidation sites excluding steroid dienone is 1. The van der Waals surface area contributed by atoms with E-state index in [4.69, 9.17) is 14.2 Å². The molecule has 0 saturated heterocycles. The van der Waals surface area contributed by atoms with Gasteiger partial charge in [0, 0.05) is 31.0 Å². The van der Waals surface area contributed by atoms with E-state index < -0.39 is 23.0 Å². The summed E-state index contributed by atoms with van der Waals surface area (Å²) in [4.78, 5) is 46.4. The van der Waals surface area contributed by atoms with Gasteiger partial charge in [0.25, 0.3) is 5.69 Å². The minimum atomic E-state index is -1.07. The first kappa shape index (κ1) is 33.2. The molecule has 1 heterocycles. The predicted molar refractivity (Wildman–Crippen MR) is 173 cm³/mol. The van der Waals surface area contributed by atoms with Crippen LogP contribution in [0.15, 0.2) is 95.1 Å². The van der Waals surface area contributed by atoms with E-state index in [0.717, 1.165) is 11.1 Å². The molecule has 0 radical (unpaired) electrons. The summed E-state index contributed by atoms with van der Waals surface area (Å²) in [6, 6.07) is 22.2. The number of non-ortho nitro benzene ring substituents is 1. The highest BCUT2D eigenvalue weighted by molar-refractivity contribution is 8.13. The Balaban J connectivity index is 1.67. The van der Waals surface area contributed by atoms with Crippen LogP contribution in [0, 0.1) is 10.1 Å². The second-order valence-corrected chi connectivity index (χ2v) is 11.2. The molecule has 0 spiro atoms. The van der Waals surface area contributed by atoms with E-state index >= 15 is 0 Å². The molecule has 45 heavy (non-hydrogen) atoms. The number of hydrogen-bond acceptors (Lipinski definition) is 10. The maximum absolute atomic E-state index is 13.9. The van der Waals surface area contributed by atoms with E-state index in [1.54, 1.807) is 27.0 Å². The van der Waals surface area contributed by atoms with Crippen LogP contribution in [-0.2, 0) is 26.6 Å². The number of hydrogen-bond donors (Lipinski definition) is 0. The number of aliphatic imine (C=N–C) groups is 1. The van der Waals surface area contributed by atoms with Crippen LogP contribution >= 0.6 is 11.8 Å². The summed E-state index contributed by atoms with van der Waals surface area (Å²) in [6.07, 6.45) is -0.741. The maximum Gasteiger partial charge on any atom is 0.416 e. The Hall–Kier alpha value is -4.68. The van der Waals surface area contributed by atoms with Crippen molar-refractivity contribution in [1.82, 2.24) is 9.80 Å². The van der Waals surface area contributed by atoms with Crippen LogP contribution in [0.3, 0.4) is 0 Å². The normalized spacial score (nSPS) is 14.6. The van der Waals surface area contributed by atoms with E-state index in [9.17, 15) is 19.7 Å². The fraction of sp³-hybridized carbons (Fsp3) is 0.303. The number of nitro benzene ring substituents is 1. The van der Waals surface area contributed by atoms with E-state index in [1.165, 1.54) is 34.9 Å². The highest BCUT2D eigenvalue weighted by Crippen LogP contribution is 2.40. The lowest BCUT2D eigenvalue weighted by molar-refractivity contribution is -0.384. The van der Waals surface area contributed by atoms with Gasteiger partial charge >= 0.3 is 12.1 Å². The zero-order valence-corrected chi connectivity index (χ0v) is 26.5. The Labute approximate surface area is 266 Å². The first-order chi connectivity index (χ1) is 21.7. The Bertz CT molecular complexity index is 1560. The molecule has 0 aliphatic carbocycles. The Kier molecular flexibility index (Phi) is 11.7. The van der Waals surface area contributed by atoms with E-state index in [0.29, 0.717) is 35.9 Å². The predicted octanol–water partition coefficient (Wildman–Crippen LogP) is 6.36. The van der Waals surface area contributed by atoms with Crippen molar-refractivity contribution in [2.24, 2.45) is 4.99 Å². The van der Waals surface area contributed by atoms with Gasteiger partial charge in [0.1, 0.15) is 18.4 Å². The first-order valence-corrected chi connectivity index (χ1v) is 15.4. The molecule has 0 N–H and O–H groups in total. The summed E-state index contributed by atoms with van der Waals surface area (Å²) in [7, 11) is 3.52. The number of amides is 1. The lowest BCUT2D eigenvalue weighted by atomic mass is 9.94. The molecule has 1 atom stereocenters. The van der Waals surface area contributed by atoms with Gasteiger partial charge in [-0.25, -0.2) is 19.5 Å². The van der Waals surface area contributed by atoms with Gasteiger partial charge in [-0.15, -0.1) is 0 Å². The third kappa shape index (κ3) is 8.70. The number of methoxy groups -OCH3 is 1.